The number of amides is 1. The number of nitrogen functional groups attached to an aromatic ring is 1. The largest absolute Gasteiger partial charge is 0.384 e. The summed E-state index contributed by atoms with van der Waals surface area (Å²) >= 11 is 1.30. The molecule has 0 aromatic carbocycles. The Bertz CT molecular complexity index is 391. The Hall–Kier alpha value is -1.30. The normalized spacial score (nSPS) is 12.2. The average molecular weight is 268 g/mol. The molecule has 0 aliphatic carbocycles. The van der Waals surface area contributed by atoms with Crippen molar-refractivity contribution in [1.29, 1.82) is 0 Å². The van der Waals surface area contributed by atoms with Crippen molar-refractivity contribution in [2.75, 3.05) is 11.5 Å². The minimum Gasteiger partial charge on any atom is -0.384 e. The van der Waals surface area contributed by atoms with Crippen molar-refractivity contribution < 1.29 is 4.79 Å². The van der Waals surface area contributed by atoms with Crippen molar-refractivity contribution >= 4 is 23.5 Å². The number of nitrogens with one attached hydrogen (secondary N) is 1. The molecule has 1 aromatic heterocycles. The van der Waals surface area contributed by atoms with Crippen molar-refractivity contribution in [2.45, 2.75) is 44.8 Å². The molecule has 0 spiro atoms. The Morgan fingerprint density at radius 1 is 1.56 bits per heavy atom. The third-order valence-electron chi connectivity index (χ3n) is 2.31. The summed E-state index contributed by atoms with van der Waals surface area (Å²) in [6.45, 7) is 5.96. The van der Waals surface area contributed by atoms with E-state index in [9.17, 15) is 4.79 Å². The van der Waals surface area contributed by atoms with Crippen molar-refractivity contribution in [3.05, 3.63) is 11.8 Å². The summed E-state index contributed by atoms with van der Waals surface area (Å²) in [5, 5.41) is 3.48. The number of hydrogen-bond donors (Lipinski definition) is 2. The SMILES string of the molecule is CCCC(C)NC(=O)CSc1nc(C)cc(N)n1. The van der Waals surface area contributed by atoms with Crippen LogP contribution < -0.4 is 11.1 Å². The lowest BCUT2D eigenvalue weighted by Crippen LogP contribution is -2.33. The van der Waals surface area contributed by atoms with Gasteiger partial charge in [-0.2, -0.15) is 0 Å². The van der Waals surface area contributed by atoms with E-state index in [-0.39, 0.29) is 11.9 Å². The van der Waals surface area contributed by atoms with E-state index in [1.54, 1.807) is 6.07 Å². The van der Waals surface area contributed by atoms with Gasteiger partial charge in [0, 0.05) is 17.8 Å². The molecule has 100 valence electrons. The molecule has 0 aliphatic rings. The zero-order valence-electron chi connectivity index (χ0n) is 11.1. The molecule has 0 radical (unpaired) electrons. The first-order valence-electron chi connectivity index (χ1n) is 6.04. The molecule has 6 heteroatoms. The molecule has 0 saturated carbocycles. The summed E-state index contributed by atoms with van der Waals surface area (Å²) in [6, 6.07) is 1.92. The topological polar surface area (TPSA) is 80.9 Å². The minimum atomic E-state index is 0.00428. The van der Waals surface area contributed by atoms with Crippen molar-refractivity contribution in [3.63, 3.8) is 0 Å². The van der Waals surface area contributed by atoms with Crippen molar-refractivity contribution in [2.24, 2.45) is 0 Å². The van der Waals surface area contributed by atoms with E-state index >= 15 is 0 Å². The second-order valence-electron chi connectivity index (χ2n) is 4.26. The van der Waals surface area contributed by atoms with E-state index in [0.717, 1.165) is 18.5 Å². The summed E-state index contributed by atoms with van der Waals surface area (Å²) in [5.41, 5.74) is 6.43. The number of carbonyl (C=O) groups excluding carboxylic acids is 1. The first kappa shape index (κ1) is 14.8. The second-order valence-corrected chi connectivity index (χ2v) is 5.21. The number of rotatable bonds is 6. The maximum atomic E-state index is 11.7. The molecule has 1 atom stereocenters. The van der Waals surface area contributed by atoms with E-state index in [4.69, 9.17) is 5.73 Å². The van der Waals surface area contributed by atoms with Crippen LogP contribution in [0, 0.1) is 6.92 Å². The van der Waals surface area contributed by atoms with Crippen LogP contribution in [0.2, 0.25) is 0 Å². The van der Waals surface area contributed by atoms with E-state index in [1.807, 2.05) is 13.8 Å². The molecule has 0 aliphatic heterocycles. The van der Waals surface area contributed by atoms with E-state index in [1.165, 1.54) is 11.8 Å². The van der Waals surface area contributed by atoms with Gasteiger partial charge in [-0.1, -0.05) is 25.1 Å². The van der Waals surface area contributed by atoms with Gasteiger partial charge in [-0.25, -0.2) is 9.97 Å². The average Bonchev–Trinajstić information content (AvgIpc) is 2.25. The fourth-order valence-corrected chi connectivity index (χ4v) is 2.30. The lowest BCUT2D eigenvalue weighted by atomic mass is 10.2. The standard InChI is InChI=1S/C12H20N4OS/c1-4-5-8(2)14-11(17)7-18-12-15-9(3)6-10(13)16-12/h6,8H,4-5,7H2,1-3H3,(H,14,17)(H2,13,15,16). The molecule has 1 aromatic rings. The quantitative estimate of drug-likeness (QED) is 0.607. The van der Waals surface area contributed by atoms with Crippen molar-refractivity contribution in [1.82, 2.24) is 15.3 Å². The molecular formula is C12H20N4OS. The molecule has 3 N–H and O–H groups in total. The highest BCUT2D eigenvalue weighted by molar-refractivity contribution is 7.99. The number of nitrogens with zero attached hydrogens (tertiary/aromatic N) is 2. The molecular weight excluding hydrogens is 248 g/mol. The Morgan fingerprint density at radius 2 is 2.28 bits per heavy atom. The number of nitrogens with two attached hydrogens (primary N) is 1. The highest BCUT2D eigenvalue weighted by atomic mass is 32.2. The molecule has 0 fully saturated rings. The summed E-state index contributed by atoms with van der Waals surface area (Å²) in [6.07, 6.45) is 2.05. The summed E-state index contributed by atoms with van der Waals surface area (Å²) in [7, 11) is 0. The van der Waals surface area contributed by atoms with E-state index in [0.29, 0.717) is 16.7 Å². The van der Waals surface area contributed by atoms with Gasteiger partial charge in [-0.3, -0.25) is 4.79 Å². The first-order valence-corrected chi connectivity index (χ1v) is 7.03. The number of thioether (sulfide) groups is 1. The maximum Gasteiger partial charge on any atom is 0.230 e. The first-order chi connectivity index (χ1) is 8.51. The van der Waals surface area contributed by atoms with Crippen LogP contribution in [-0.2, 0) is 4.79 Å². The van der Waals surface area contributed by atoms with Crippen LogP contribution in [0.15, 0.2) is 11.2 Å². The fourth-order valence-electron chi connectivity index (χ4n) is 1.58. The molecule has 0 saturated heterocycles. The molecule has 18 heavy (non-hydrogen) atoms. The van der Waals surface area contributed by atoms with Crippen molar-refractivity contribution in [3.8, 4) is 0 Å². The van der Waals surface area contributed by atoms with Crippen LogP contribution in [-0.4, -0.2) is 27.7 Å². The van der Waals surface area contributed by atoms with Crippen LogP contribution in [0.4, 0.5) is 5.82 Å². The number of anilines is 1. The third kappa shape index (κ3) is 5.35. The lowest BCUT2D eigenvalue weighted by Gasteiger charge is -2.12. The number of aryl methyl sites for hydroxylation is 1. The van der Waals surface area contributed by atoms with E-state index in [2.05, 4.69) is 22.2 Å². The smallest absolute Gasteiger partial charge is 0.230 e. The Labute approximate surface area is 112 Å². The zero-order valence-corrected chi connectivity index (χ0v) is 11.9. The van der Waals surface area contributed by atoms with Crippen LogP contribution >= 0.6 is 11.8 Å². The van der Waals surface area contributed by atoms with Gasteiger partial charge in [0.05, 0.1) is 5.75 Å². The van der Waals surface area contributed by atoms with E-state index < -0.39 is 0 Å². The van der Waals surface area contributed by atoms with Gasteiger partial charge in [0.15, 0.2) is 5.16 Å². The van der Waals surface area contributed by atoms with Gasteiger partial charge in [0.1, 0.15) is 5.82 Å². The van der Waals surface area contributed by atoms with Crippen LogP contribution in [0.25, 0.3) is 0 Å². The monoisotopic (exact) mass is 268 g/mol. The molecule has 1 heterocycles. The van der Waals surface area contributed by atoms with Gasteiger partial charge in [-0.15, -0.1) is 0 Å². The summed E-state index contributed by atoms with van der Waals surface area (Å²) in [5.74, 6) is 0.756. The third-order valence-corrected chi connectivity index (χ3v) is 3.16. The number of aromatic nitrogens is 2. The highest BCUT2D eigenvalue weighted by Crippen LogP contribution is 2.14. The molecule has 1 unspecified atom stereocenters. The van der Waals surface area contributed by atoms with Gasteiger partial charge < -0.3 is 11.1 Å². The van der Waals surface area contributed by atoms with Gasteiger partial charge in [-0.05, 0) is 20.3 Å². The van der Waals surface area contributed by atoms with Crippen LogP contribution in [0.1, 0.15) is 32.4 Å². The minimum absolute atomic E-state index is 0.00428. The lowest BCUT2D eigenvalue weighted by molar-refractivity contribution is -0.119. The highest BCUT2D eigenvalue weighted by Gasteiger charge is 2.08. The Morgan fingerprint density at radius 3 is 2.89 bits per heavy atom. The summed E-state index contributed by atoms with van der Waals surface area (Å²) in [4.78, 5) is 19.9. The maximum absolute atomic E-state index is 11.7. The predicted molar refractivity (Wildman–Crippen MR) is 74.4 cm³/mol. The molecule has 0 bridgehead atoms. The fraction of sp³-hybridized carbons (Fsp3) is 0.583. The molecule has 1 rings (SSSR count). The van der Waals surface area contributed by atoms with Gasteiger partial charge >= 0.3 is 0 Å². The Kier molecular flexibility index (Phi) is 5.91. The number of hydrogen-bond acceptors (Lipinski definition) is 5. The van der Waals surface area contributed by atoms with Gasteiger partial charge in [0.25, 0.3) is 0 Å². The molecule has 1 amide bonds. The van der Waals surface area contributed by atoms with Gasteiger partial charge in [0.2, 0.25) is 5.91 Å². The Balaban J connectivity index is 2.42. The zero-order chi connectivity index (χ0) is 13.5. The number of carbonyl (C=O) groups is 1. The predicted octanol–water partition coefficient (Wildman–Crippen LogP) is 1.76. The van der Waals surface area contributed by atoms with Crippen LogP contribution in [0.3, 0.4) is 0 Å². The molecule has 5 nitrogen and oxygen atoms in total. The van der Waals surface area contributed by atoms with Crippen LogP contribution in [0.5, 0.6) is 0 Å². The summed E-state index contributed by atoms with van der Waals surface area (Å²) < 4.78 is 0. The second kappa shape index (κ2) is 7.20.